The molecule has 22 heteroatoms. The van der Waals surface area contributed by atoms with Gasteiger partial charge in [0.1, 0.15) is 17.1 Å². The molecule has 242 valence electrons. The predicted octanol–water partition coefficient (Wildman–Crippen LogP) is 5.77. The van der Waals surface area contributed by atoms with E-state index in [1.54, 1.807) is 0 Å². The summed E-state index contributed by atoms with van der Waals surface area (Å²) in [5, 5.41) is 23.2. The van der Waals surface area contributed by atoms with Crippen LogP contribution in [0.15, 0.2) is 58.3 Å². The first-order chi connectivity index (χ1) is 20.5. The topological polar surface area (TPSA) is 199 Å². The third-order valence-electron chi connectivity index (χ3n) is 5.52. The van der Waals surface area contributed by atoms with Gasteiger partial charge >= 0.3 is 28.4 Å². The Kier molecular flexibility index (Phi) is 9.07. The van der Waals surface area contributed by atoms with Gasteiger partial charge in [0.2, 0.25) is 11.5 Å². The minimum atomic E-state index is -6.04. The van der Waals surface area contributed by atoms with E-state index in [0.717, 1.165) is 19.2 Å². The monoisotopic (exact) mass is 688 g/mol. The number of rotatable bonds is 9. The van der Waals surface area contributed by atoms with Crippen LogP contribution in [0.3, 0.4) is 0 Å². The van der Waals surface area contributed by atoms with Gasteiger partial charge in [-0.15, -0.1) is 0 Å². The molecule has 45 heavy (non-hydrogen) atoms. The van der Waals surface area contributed by atoms with Gasteiger partial charge in [-0.25, -0.2) is 21.6 Å². The minimum absolute atomic E-state index is 0.0447. The molecule has 0 aromatic heterocycles. The number of ether oxygens (including phenoxy) is 3. The van der Waals surface area contributed by atoms with E-state index in [1.165, 1.54) is 6.92 Å². The summed E-state index contributed by atoms with van der Waals surface area (Å²) in [5.41, 5.74) is -14.9. The van der Waals surface area contributed by atoms with Crippen molar-refractivity contribution in [1.29, 1.82) is 0 Å². The molecule has 0 aliphatic carbocycles. The Hall–Kier alpha value is -4.99. The molecule has 3 aromatic carbocycles. The average Bonchev–Trinajstić information content (AvgIpc) is 2.91. The largest absolute Gasteiger partial charge is 0.501 e. The molecular formula is C23H14F6N2O12S2. The number of nitro benzene ring substituents is 2. The van der Waals surface area contributed by atoms with Crippen molar-refractivity contribution in [1.82, 2.24) is 0 Å². The molecular weight excluding hydrogens is 674 g/mol. The molecule has 0 bridgehead atoms. The van der Waals surface area contributed by atoms with Gasteiger partial charge in [-0.3, -0.25) is 20.2 Å². The highest BCUT2D eigenvalue weighted by Crippen LogP contribution is 2.43. The zero-order valence-corrected chi connectivity index (χ0v) is 23.6. The second kappa shape index (κ2) is 11.8. The molecule has 0 N–H and O–H groups in total. The molecule has 0 saturated heterocycles. The molecule has 3 aromatic rings. The fourth-order valence-corrected chi connectivity index (χ4v) is 5.04. The third-order valence-corrected chi connectivity index (χ3v) is 8.49. The van der Waals surface area contributed by atoms with E-state index in [0.29, 0.717) is 24.3 Å². The number of nitro groups is 2. The second-order valence-electron chi connectivity index (χ2n) is 8.50. The number of alkyl halides is 6. The average molecular weight is 688 g/mol. The van der Waals surface area contributed by atoms with Crippen molar-refractivity contribution in [2.24, 2.45) is 0 Å². The number of carbonyl (C=O) groups is 1. The number of methoxy groups -OCH3 is 1. The summed E-state index contributed by atoms with van der Waals surface area (Å²) in [6.07, 6.45) is 0. The van der Waals surface area contributed by atoms with Gasteiger partial charge in [0, 0.05) is 12.1 Å². The fourth-order valence-electron chi connectivity index (χ4n) is 3.48. The molecule has 0 unspecified atom stereocenters. The number of halogens is 6. The Labute approximate surface area is 246 Å². The summed E-state index contributed by atoms with van der Waals surface area (Å²) in [6.45, 7) is 1.31. The number of esters is 1. The molecule has 0 fully saturated rings. The van der Waals surface area contributed by atoms with E-state index in [9.17, 15) is 68.2 Å². The number of aryl methyl sites for hydroxylation is 1. The number of hydrogen-bond acceptors (Lipinski definition) is 12. The Balaban J connectivity index is 2.21. The zero-order chi connectivity index (χ0) is 34.3. The van der Waals surface area contributed by atoms with Crippen molar-refractivity contribution in [2.45, 2.75) is 27.7 Å². The van der Waals surface area contributed by atoms with E-state index < -0.39 is 96.2 Å². The van der Waals surface area contributed by atoms with Crippen molar-refractivity contribution >= 4 is 37.0 Å². The maximum atomic E-state index is 13.0. The Morgan fingerprint density at radius 3 is 1.33 bits per heavy atom. The lowest BCUT2D eigenvalue weighted by Crippen LogP contribution is -2.23. The van der Waals surface area contributed by atoms with Crippen LogP contribution in [0.25, 0.3) is 0 Å². The molecule has 14 nitrogen and oxygen atoms in total. The van der Waals surface area contributed by atoms with Crippen LogP contribution in [-0.2, 0) is 24.4 Å². The smallest absolute Gasteiger partial charge is 0.465 e. The molecule has 0 amide bonds. The summed E-state index contributed by atoms with van der Waals surface area (Å²) in [5.74, 6) is -4.47. The molecule has 0 atom stereocenters. The van der Waals surface area contributed by atoms with Gasteiger partial charge in [-0.2, -0.15) is 26.3 Å². The van der Waals surface area contributed by atoms with Crippen LogP contribution >= 0.6 is 0 Å². The summed E-state index contributed by atoms with van der Waals surface area (Å²) < 4.78 is 140. The second-order valence-corrected chi connectivity index (χ2v) is 12.4. The third kappa shape index (κ3) is 6.74. The van der Waals surface area contributed by atoms with Gasteiger partial charge in [0.25, 0.3) is 19.7 Å². The molecule has 0 saturated carbocycles. The van der Waals surface area contributed by atoms with Crippen LogP contribution in [0.4, 0.5) is 37.7 Å². The standard InChI is InChI=1S/C23H14F6N2O12S2/c1-11-7-18(42-16-5-3-12(9-14(16)30(33)34)44(37,38)22(24,25)26)20(21(32)41-2)19(8-11)43-17-6-4-13(10-15(17)31(35)36)45(39,40)23(27,28)29/h3-10H,1-2H3. The lowest BCUT2D eigenvalue weighted by molar-refractivity contribution is -0.385. The van der Waals surface area contributed by atoms with E-state index in [1.807, 2.05) is 0 Å². The molecule has 3 rings (SSSR count). The van der Waals surface area contributed by atoms with Gasteiger partial charge in [-0.1, -0.05) is 0 Å². The number of carbonyl (C=O) groups excluding carboxylic acids is 1. The maximum Gasteiger partial charge on any atom is 0.501 e. The Bertz CT molecular complexity index is 1810. The lowest BCUT2D eigenvalue weighted by atomic mass is 10.1. The zero-order valence-electron chi connectivity index (χ0n) is 22.0. The van der Waals surface area contributed by atoms with Crippen molar-refractivity contribution in [2.75, 3.05) is 7.11 Å². The predicted molar refractivity (Wildman–Crippen MR) is 135 cm³/mol. The highest BCUT2D eigenvalue weighted by molar-refractivity contribution is 7.92. The van der Waals surface area contributed by atoms with Gasteiger partial charge in [0.15, 0.2) is 0 Å². The van der Waals surface area contributed by atoms with Gasteiger partial charge in [-0.05, 0) is 48.9 Å². The van der Waals surface area contributed by atoms with Crippen LogP contribution in [0.1, 0.15) is 15.9 Å². The number of sulfone groups is 2. The van der Waals surface area contributed by atoms with Crippen molar-refractivity contribution in [3.63, 3.8) is 0 Å². The van der Waals surface area contributed by atoms with Gasteiger partial charge < -0.3 is 14.2 Å². The van der Waals surface area contributed by atoms with E-state index in [-0.39, 0.29) is 17.7 Å². The number of nitrogens with zero attached hydrogens (tertiary/aromatic N) is 2. The van der Waals surface area contributed by atoms with Gasteiger partial charge in [0.05, 0.1) is 26.7 Å². The van der Waals surface area contributed by atoms with Crippen LogP contribution in [-0.4, -0.2) is 50.8 Å². The molecule has 0 aliphatic heterocycles. The van der Waals surface area contributed by atoms with Crippen LogP contribution in [0.2, 0.25) is 0 Å². The van der Waals surface area contributed by atoms with Crippen LogP contribution < -0.4 is 9.47 Å². The highest BCUT2D eigenvalue weighted by Gasteiger charge is 2.48. The maximum absolute atomic E-state index is 13.0. The van der Waals surface area contributed by atoms with E-state index in [2.05, 4.69) is 4.74 Å². The quantitative estimate of drug-likeness (QED) is 0.114. The SMILES string of the molecule is COC(=O)c1c(Oc2ccc(S(=O)(=O)C(F)(F)F)cc2[N+](=O)[O-])cc(C)cc1Oc1ccc(S(=O)(=O)C(F)(F)F)cc1[N+](=O)[O-]. The molecule has 0 heterocycles. The Morgan fingerprint density at radius 1 is 0.689 bits per heavy atom. The van der Waals surface area contributed by atoms with E-state index in [4.69, 9.17) is 9.47 Å². The lowest BCUT2D eigenvalue weighted by Gasteiger charge is -2.16. The summed E-state index contributed by atoms with van der Waals surface area (Å²) in [4.78, 5) is 30.3. The first-order valence-corrected chi connectivity index (χ1v) is 14.3. The number of benzene rings is 3. The number of hydrogen-bond donors (Lipinski definition) is 0. The molecule has 0 radical (unpaired) electrons. The van der Waals surface area contributed by atoms with Crippen LogP contribution in [0.5, 0.6) is 23.0 Å². The minimum Gasteiger partial charge on any atom is -0.465 e. The molecule has 0 aliphatic rings. The Morgan fingerprint density at radius 2 is 1.04 bits per heavy atom. The van der Waals surface area contributed by atoms with Crippen molar-refractivity contribution in [3.05, 3.63) is 79.9 Å². The van der Waals surface area contributed by atoms with Crippen LogP contribution in [0, 0.1) is 27.2 Å². The molecule has 0 spiro atoms. The fraction of sp³-hybridized carbons (Fsp3) is 0.174. The van der Waals surface area contributed by atoms with E-state index >= 15 is 0 Å². The first kappa shape index (κ1) is 34.5. The summed E-state index contributed by atoms with van der Waals surface area (Å²) >= 11 is 0. The summed E-state index contributed by atoms with van der Waals surface area (Å²) in [6, 6.07) is 3.75. The summed E-state index contributed by atoms with van der Waals surface area (Å²) in [7, 11) is -11.2. The van der Waals surface area contributed by atoms with Crippen molar-refractivity contribution < 1.29 is 72.0 Å². The normalized spacial score (nSPS) is 12.4. The highest BCUT2D eigenvalue weighted by atomic mass is 32.2. The van der Waals surface area contributed by atoms with Crippen molar-refractivity contribution in [3.8, 4) is 23.0 Å². The first-order valence-electron chi connectivity index (χ1n) is 11.3.